The largest absolute Gasteiger partial charge is 0.481 e. The molecule has 0 spiro atoms. The van der Waals surface area contributed by atoms with E-state index in [0.717, 1.165) is 25.6 Å². The van der Waals surface area contributed by atoms with Gasteiger partial charge in [0.05, 0.1) is 7.11 Å². The molecule has 1 N–H and O–H groups in total. The molecule has 0 radical (unpaired) electrons. The number of pyridine rings is 1. The fourth-order valence-electron chi connectivity index (χ4n) is 2.15. The molecule has 1 atom stereocenters. The Hall–Kier alpha value is -0.950. The number of nitrogens with one attached hydrogen (secondary N) is 1. The summed E-state index contributed by atoms with van der Waals surface area (Å²) >= 11 is 0. The van der Waals surface area contributed by atoms with Crippen molar-refractivity contribution in [2.24, 2.45) is 5.92 Å². The van der Waals surface area contributed by atoms with Crippen LogP contribution in [0.3, 0.4) is 0 Å². The van der Waals surface area contributed by atoms with Gasteiger partial charge < -0.3 is 10.1 Å². The fourth-order valence-corrected chi connectivity index (χ4v) is 2.15. The van der Waals surface area contributed by atoms with Crippen LogP contribution in [0, 0.1) is 5.92 Å². The van der Waals surface area contributed by atoms with E-state index >= 15 is 0 Å². The predicted molar refractivity (Wildman–Crippen MR) is 70.9 cm³/mol. The van der Waals surface area contributed by atoms with E-state index in [-0.39, 0.29) is 19.4 Å². The molecule has 0 aromatic carbocycles. The van der Waals surface area contributed by atoms with Crippen LogP contribution in [-0.2, 0) is 12.6 Å². The summed E-state index contributed by atoms with van der Waals surface area (Å²) in [5.74, 6) is 0.406. The number of methoxy groups -OCH3 is 1. The van der Waals surface area contributed by atoms with Crippen LogP contribution in [0.5, 0.6) is 5.88 Å². The van der Waals surface area contributed by atoms with Crippen LogP contribution in [0.15, 0.2) is 12.1 Å². The van der Waals surface area contributed by atoms with Crippen LogP contribution in [0.4, 0.5) is 13.2 Å². The van der Waals surface area contributed by atoms with Crippen LogP contribution in [-0.4, -0.2) is 25.2 Å². The number of aromatic nitrogens is 1. The molecular formula is C12H17F3N2OS. The molecule has 3 nitrogen and oxygen atoms in total. The third-order valence-corrected chi connectivity index (χ3v) is 3.05. The molecule has 0 amide bonds. The summed E-state index contributed by atoms with van der Waals surface area (Å²) in [7, 11) is 1.32. The van der Waals surface area contributed by atoms with E-state index in [1.807, 2.05) is 0 Å². The maximum atomic E-state index is 12.7. The third-order valence-electron chi connectivity index (χ3n) is 3.05. The van der Waals surface area contributed by atoms with Gasteiger partial charge in [-0.25, -0.2) is 4.98 Å². The number of alkyl halides is 3. The number of ether oxygens (including phenoxy) is 1. The average Bonchev–Trinajstić information content (AvgIpc) is 2.80. The minimum atomic E-state index is -4.43. The van der Waals surface area contributed by atoms with Crippen molar-refractivity contribution in [1.82, 2.24) is 10.3 Å². The minimum Gasteiger partial charge on any atom is -0.481 e. The lowest BCUT2D eigenvalue weighted by Gasteiger charge is -2.12. The van der Waals surface area contributed by atoms with Gasteiger partial charge in [-0.3, -0.25) is 0 Å². The van der Waals surface area contributed by atoms with Crippen molar-refractivity contribution in [2.75, 3.05) is 20.2 Å². The second-order valence-electron chi connectivity index (χ2n) is 4.46. The first-order valence-corrected chi connectivity index (χ1v) is 5.82. The molecule has 1 fully saturated rings. The Morgan fingerprint density at radius 3 is 2.68 bits per heavy atom. The number of hydrogen-bond acceptors (Lipinski definition) is 3. The molecule has 108 valence electrons. The first kappa shape index (κ1) is 16.1. The zero-order chi connectivity index (χ0) is 13.2. The highest BCUT2D eigenvalue weighted by Crippen LogP contribution is 2.30. The van der Waals surface area contributed by atoms with Crippen molar-refractivity contribution < 1.29 is 17.9 Å². The van der Waals surface area contributed by atoms with Crippen molar-refractivity contribution in [3.8, 4) is 5.88 Å². The van der Waals surface area contributed by atoms with E-state index in [1.54, 1.807) is 6.07 Å². The summed E-state index contributed by atoms with van der Waals surface area (Å²) in [6, 6.07) is 2.69. The van der Waals surface area contributed by atoms with Gasteiger partial charge in [0, 0.05) is 6.07 Å². The zero-order valence-electron chi connectivity index (χ0n) is 10.5. The van der Waals surface area contributed by atoms with Gasteiger partial charge in [0.25, 0.3) is 0 Å². The molecule has 1 saturated heterocycles. The van der Waals surface area contributed by atoms with Crippen LogP contribution in [0.2, 0.25) is 0 Å². The Morgan fingerprint density at radius 2 is 2.16 bits per heavy atom. The Labute approximate surface area is 117 Å². The molecule has 0 bridgehead atoms. The Bertz CT molecular complexity index is 420. The normalized spacial score (nSPS) is 19.1. The lowest BCUT2D eigenvalue weighted by molar-refractivity contribution is -0.141. The maximum Gasteiger partial charge on any atom is 0.433 e. The Balaban J connectivity index is 0.00000180. The number of rotatable bonds is 3. The molecule has 2 rings (SSSR count). The van der Waals surface area contributed by atoms with Gasteiger partial charge >= 0.3 is 6.18 Å². The molecule has 1 aliphatic rings. The standard InChI is InChI=1S/C12H15F3N2O.H2S/c1-18-11-6-9(4-8-2-3-16-7-8)5-10(17-11)12(13,14)15;/h5-6,8,16H,2-4,7H2,1H3;1H2/t8-;/m1./s1. The monoisotopic (exact) mass is 294 g/mol. The van der Waals surface area contributed by atoms with Crippen molar-refractivity contribution >= 4 is 13.5 Å². The van der Waals surface area contributed by atoms with Crippen LogP contribution >= 0.6 is 13.5 Å². The second kappa shape index (κ2) is 6.47. The lowest BCUT2D eigenvalue weighted by Crippen LogP contribution is -2.13. The summed E-state index contributed by atoms with van der Waals surface area (Å²) in [6.07, 6.45) is -2.82. The topological polar surface area (TPSA) is 34.1 Å². The summed E-state index contributed by atoms with van der Waals surface area (Å²) < 4.78 is 42.8. The van der Waals surface area contributed by atoms with Crippen molar-refractivity contribution in [3.63, 3.8) is 0 Å². The highest BCUT2D eigenvalue weighted by molar-refractivity contribution is 7.59. The highest BCUT2D eigenvalue weighted by atomic mass is 32.1. The van der Waals surface area contributed by atoms with E-state index in [4.69, 9.17) is 4.74 Å². The van der Waals surface area contributed by atoms with Gasteiger partial charge in [-0.1, -0.05) is 0 Å². The number of hydrogen-bond donors (Lipinski definition) is 1. The van der Waals surface area contributed by atoms with E-state index in [9.17, 15) is 13.2 Å². The van der Waals surface area contributed by atoms with E-state index in [2.05, 4.69) is 10.3 Å². The molecule has 2 heterocycles. The predicted octanol–water partition coefficient (Wildman–Crippen LogP) is 2.37. The van der Waals surface area contributed by atoms with Crippen molar-refractivity contribution in [2.45, 2.75) is 19.0 Å². The smallest absolute Gasteiger partial charge is 0.433 e. The maximum absolute atomic E-state index is 12.7. The molecule has 19 heavy (non-hydrogen) atoms. The SMILES string of the molecule is COc1cc(C[C@H]2CCNC2)cc(C(F)(F)F)n1.S. The van der Waals surface area contributed by atoms with Gasteiger partial charge in [-0.2, -0.15) is 26.7 Å². The quantitative estimate of drug-likeness (QED) is 0.929. The average molecular weight is 294 g/mol. The summed E-state index contributed by atoms with van der Waals surface area (Å²) in [4.78, 5) is 3.43. The molecule has 0 aliphatic carbocycles. The van der Waals surface area contributed by atoms with Crippen LogP contribution < -0.4 is 10.1 Å². The molecule has 7 heteroatoms. The molecule has 1 aliphatic heterocycles. The summed E-state index contributed by atoms with van der Waals surface area (Å²) in [6.45, 7) is 1.78. The first-order valence-electron chi connectivity index (χ1n) is 5.82. The van der Waals surface area contributed by atoms with Gasteiger partial charge in [-0.15, -0.1) is 0 Å². The minimum absolute atomic E-state index is 0. The van der Waals surface area contributed by atoms with Crippen LogP contribution in [0.1, 0.15) is 17.7 Å². The first-order chi connectivity index (χ1) is 8.49. The van der Waals surface area contributed by atoms with Gasteiger partial charge in [0.1, 0.15) is 5.69 Å². The van der Waals surface area contributed by atoms with Crippen molar-refractivity contribution in [3.05, 3.63) is 23.4 Å². The van der Waals surface area contributed by atoms with Gasteiger partial charge in [0.2, 0.25) is 5.88 Å². The summed E-state index contributed by atoms with van der Waals surface area (Å²) in [5.41, 5.74) is -0.259. The third kappa shape index (κ3) is 4.28. The number of halogens is 3. The second-order valence-corrected chi connectivity index (χ2v) is 4.46. The fraction of sp³-hybridized carbons (Fsp3) is 0.583. The highest BCUT2D eigenvalue weighted by Gasteiger charge is 2.33. The van der Waals surface area contributed by atoms with E-state index in [0.29, 0.717) is 17.9 Å². The zero-order valence-corrected chi connectivity index (χ0v) is 11.5. The summed E-state index contributed by atoms with van der Waals surface area (Å²) in [5, 5.41) is 3.20. The van der Waals surface area contributed by atoms with Gasteiger partial charge in [-0.05, 0) is 43.5 Å². The van der Waals surface area contributed by atoms with Gasteiger partial charge in [0.15, 0.2) is 0 Å². The molecule has 0 unspecified atom stereocenters. The Morgan fingerprint density at radius 1 is 1.42 bits per heavy atom. The van der Waals surface area contributed by atoms with Crippen molar-refractivity contribution in [1.29, 1.82) is 0 Å². The number of nitrogens with zero attached hydrogens (tertiary/aromatic N) is 1. The Kier molecular flexibility index (Phi) is 5.49. The van der Waals surface area contributed by atoms with E-state index in [1.165, 1.54) is 7.11 Å². The van der Waals surface area contributed by atoms with Crippen LogP contribution in [0.25, 0.3) is 0 Å². The van der Waals surface area contributed by atoms with E-state index < -0.39 is 11.9 Å². The lowest BCUT2D eigenvalue weighted by atomic mass is 9.99. The molecule has 0 saturated carbocycles. The molecular weight excluding hydrogens is 277 g/mol. The molecule has 1 aromatic rings. The molecule has 1 aromatic heterocycles.